The maximum atomic E-state index is 12.8. The minimum absolute atomic E-state index is 0.00218. The molecular weight excluding hydrogens is 807 g/mol. The number of hydrogen-bond acceptors (Lipinski definition) is 12. The molecule has 0 unspecified atom stereocenters. The molecule has 3 amide bonds. The number of carbonyl (C=O) groups is 5. The van der Waals surface area contributed by atoms with Crippen molar-refractivity contribution >= 4 is 64.8 Å². The fourth-order valence-electron chi connectivity index (χ4n) is 7.40. The number of ether oxygens (including phenoxy) is 1. The Morgan fingerprint density at radius 2 is 1.67 bits per heavy atom. The number of carboxylic acid groups (broad SMARTS) is 1. The van der Waals surface area contributed by atoms with E-state index in [4.69, 9.17) is 9.57 Å². The average Bonchev–Trinajstić information content (AvgIpc) is 3.65. The van der Waals surface area contributed by atoms with Gasteiger partial charge in [0, 0.05) is 77.5 Å². The van der Waals surface area contributed by atoms with Crippen LogP contribution in [-0.2, 0) is 24.0 Å². The highest BCUT2D eigenvalue weighted by molar-refractivity contribution is 8.00. The number of carboxylic acids is 1. The molecule has 60 heavy (non-hydrogen) atoms. The number of amides is 3. The summed E-state index contributed by atoms with van der Waals surface area (Å²) >= 11 is 3.54. The molecule has 0 bridgehead atoms. The fourth-order valence-corrected chi connectivity index (χ4v) is 9.80. The second-order valence-corrected chi connectivity index (χ2v) is 17.2. The van der Waals surface area contributed by atoms with Gasteiger partial charge in [0.05, 0.1) is 17.4 Å². The first-order chi connectivity index (χ1) is 29.2. The minimum atomic E-state index is -1.20. The monoisotopic (exact) mass is 863 g/mol. The highest BCUT2D eigenvalue weighted by Crippen LogP contribution is 2.44. The van der Waals surface area contributed by atoms with Gasteiger partial charge in [0.1, 0.15) is 30.3 Å². The Bertz CT molecular complexity index is 1920. The lowest BCUT2D eigenvalue weighted by Gasteiger charge is -2.30. The lowest BCUT2D eigenvalue weighted by molar-refractivity contribution is -0.121. The summed E-state index contributed by atoms with van der Waals surface area (Å²) in [5, 5.41) is 33.1. The molecule has 14 nitrogen and oxygen atoms in total. The van der Waals surface area contributed by atoms with E-state index in [2.05, 4.69) is 26.7 Å². The Balaban J connectivity index is 0.917. The molecule has 2 saturated heterocycles. The first-order valence-corrected chi connectivity index (χ1v) is 22.9. The van der Waals surface area contributed by atoms with Crippen molar-refractivity contribution in [2.75, 3.05) is 42.4 Å². The topological polar surface area (TPSA) is 204 Å². The van der Waals surface area contributed by atoms with Crippen LogP contribution in [0.4, 0.5) is 5.69 Å². The van der Waals surface area contributed by atoms with Crippen molar-refractivity contribution in [3.05, 3.63) is 82.6 Å². The van der Waals surface area contributed by atoms with Crippen LogP contribution in [-0.4, -0.2) is 94.6 Å². The first kappa shape index (κ1) is 46.5. The van der Waals surface area contributed by atoms with Crippen molar-refractivity contribution in [3.63, 3.8) is 0 Å². The molecule has 2 aromatic carbocycles. The van der Waals surface area contributed by atoms with E-state index in [0.29, 0.717) is 90.0 Å². The third kappa shape index (κ3) is 14.0. The largest absolute Gasteiger partial charge is 0.508 e. The van der Waals surface area contributed by atoms with Crippen LogP contribution in [0.15, 0.2) is 66.0 Å². The Labute approximate surface area is 360 Å². The molecule has 16 heteroatoms. The van der Waals surface area contributed by atoms with E-state index in [0.717, 1.165) is 62.9 Å². The average molecular weight is 864 g/mol. The molecule has 2 aromatic rings. The molecule has 7 N–H and O–H groups in total. The number of hydrogen-bond donors (Lipinski definition) is 7. The van der Waals surface area contributed by atoms with Crippen LogP contribution in [0.2, 0.25) is 0 Å². The van der Waals surface area contributed by atoms with Gasteiger partial charge in [-0.15, -0.1) is 0 Å². The highest BCUT2D eigenvalue weighted by atomic mass is 32.2. The van der Waals surface area contributed by atoms with E-state index in [1.165, 1.54) is 24.3 Å². The highest BCUT2D eigenvalue weighted by Gasteiger charge is 2.38. The minimum Gasteiger partial charge on any atom is -0.508 e. The lowest BCUT2D eigenvalue weighted by Crippen LogP contribution is -2.56. The number of allylic oxidation sites excluding steroid dienone is 3. The van der Waals surface area contributed by atoms with Crippen LogP contribution < -0.4 is 31.5 Å². The molecule has 0 aliphatic carbocycles. The van der Waals surface area contributed by atoms with Crippen LogP contribution in [0.3, 0.4) is 0 Å². The molecule has 324 valence electrons. The molecular formula is C44H57N5O9S2. The van der Waals surface area contributed by atoms with E-state index >= 15 is 0 Å². The smallest absolute Gasteiger partial charge is 0.336 e. The number of phenolic OH excluding ortho intramolecular Hbond substituents is 1. The summed E-state index contributed by atoms with van der Waals surface area (Å²) in [7, 11) is 0. The molecule has 3 aliphatic rings. The number of thioether (sulfide) groups is 2. The number of aldehydes is 1. The van der Waals surface area contributed by atoms with Crippen molar-refractivity contribution < 1.29 is 43.8 Å². The number of hydroxylamine groups is 1. The van der Waals surface area contributed by atoms with Crippen LogP contribution >= 0.6 is 23.5 Å². The van der Waals surface area contributed by atoms with Gasteiger partial charge in [-0.1, -0.05) is 31.1 Å². The van der Waals surface area contributed by atoms with Crippen molar-refractivity contribution in [1.29, 1.82) is 0 Å². The van der Waals surface area contributed by atoms with Crippen LogP contribution in [0.25, 0.3) is 5.57 Å². The maximum absolute atomic E-state index is 12.8. The number of rotatable bonds is 24. The van der Waals surface area contributed by atoms with Crippen molar-refractivity contribution in [1.82, 2.24) is 21.4 Å². The van der Waals surface area contributed by atoms with Gasteiger partial charge >= 0.3 is 5.97 Å². The van der Waals surface area contributed by atoms with Gasteiger partial charge in [0.25, 0.3) is 0 Å². The van der Waals surface area contributed by atoms with Crippen LogP contribution in [0, 0.1) is 0 Å². The third-order valence-electron chi connectivity index (χ3n) is 10.4. The Hall–Kier alpha value is -4.61. The summed E-state index contributed by atoms with van der Waals surface area (Å²) < 4.78 is 5.91. The number of phenols is 1. The molecule has 3 aliphatic heterocycles. The number of anilines is 1. The quantitative estimate of drug-likeness (QED) is 0.0364. The molecule has 0 saturated carbocycles. The second kappa shape index (κ2) is 24.6. The maximum Gasteiger partial charge on any atom is 0.336 e. The van der Waals surface area contributed by atoms with Crippen LogP contribution in [0.1, 0.15) is 99.0 Å². The molecule has 3 heterocycles. The lowest BCUT2D eigenvalue weighted by atomic mass is 9.86. The number of nitrogens with one attached hydrogen (secondary N) is 5. The summed E-state index contributed by atoms with van der Waals surface area (Å²) in [6.07, 6.45) is 14.1. The van der Waals surface area contributed by atoms with Crippen molar-refractivity contribution in [2.45, 2.75) is 94.9 Å². The molecule has 0 radical (unpaired) electrons. The molecule has 0 aromatic heterocycles. The summed E-state index contributed by atoms with van der Waals surface area (Å²) in [4.78, 5) is 66.5. The predicted octanol–water partition coefficient (Wildman–Crippen LogP) is 6.07. The zero-order valence-corrected chi connectivity index (χ0v) is 35.7. The number of benzene rings is 2. The van der Waals surface area contributed by atoms with Gasteiger partial charge in [0.15, 0.2) is 0 Å². The van der Waals surface area contributed by atoms with Gasteiger partial charge in [0.2, 0.25) is 17.7 Å². The van der Waals surface area contributed by atoms with Gasteiger partial charge in [-0.3, -0.25) is 29.3 Å². The Kier molecular flexibility index (Phi) is 19.0. The molecule has 2 fully saturated rings. The number of fused-ring (bicyclic) bond motifs is 2. The van der Waals surface area contributed by atoms with E-state index in [1.54, 1.807) is 49.0 Å². The Morgan fingerprint density at radius 1 is 0.917 bits per heavy atom. The number of carbonyl (C=O) groups excluding carboxylic acids is 4. The summed E-state index contributed by atoms with van der Waals surface area (Å²) in [6, 6.07) is 9.97. The number of aromatic hydroxyl groups is 1. The Morgan fingerprint density at radius 3 is 2.45 bits per heavy atom. The van der Waals surface area contributed by atoms with Gasteiger partial charge in [-0.25, -0.2) is 4.79 Å². The summed E-state index contributed by atoms with van der Waals surface area (Å²) in [5.74, 6) is 1.31. The van der Waals surface area contributed by atoms with Gasteiger partial charge in [-0.05, 0) is 87.5 Å². The summed E-state index contributed by atoms with van der Waals surface area (Å²) in [6.45, 7) is 3.59. The van der Waals surface area contributed by atoms with E-state index in [-0.39, 0.29) is 47.0 Å². The number of aromatic carboxylic acids is 1. The van der Waals surface area contributed by atoms with Gasteiger partial charge in [-0.2, -0.15) is 29.0 Å². The number of unbranched alkanes of at least 4 members (excludes halogenated alkanes) is 5. The SMILES string of the molecule is C/C=C\C1=C(c2ccc(NC(=O)CCCCCSCC(=O)NCCCCCNC(=O)CCCC[C@@H]3SC[C@@H]4NOCN[C@@H]43)cc2C(=O)O)c2ccc(O)cc2O/C1=C/C=O. The normalized spacial score (nSPS) is 19.1. The van der Waals surface area contributed by atoms with Crippen molar-refractivity contribution in [3.8, 4) is 11.5 Å². The predicted molar refractivity (Wildman–Crippen MR) is 236 cm³/mol. The molecule has 3 atom stereocenters. The first-order valence-electron chi connectivity index (χ1n) is 20.7. The van der Waals surface area contributed by atoms with E-state index in [9.17, 15) is 34.2 Å². The van der Waals surface area contributed by atoms with E-state index < -0.39 is 5.97 Å². The van der Waals surface area contributed by atoms with Crippen molar-refractivity contribution in [2.24, 2.45) is 0 Å². The fraction of sp³-hybridized carbons (Fsp3) is 0.477. The third-order valence-corrected chi connectivity index (χ3v) is 12.9. The standard InChI is InChI=1S/C44H57N5O9S2/c1-2-11-32-36(19-22-50)58-37-25-30(51)16-18-33(37)42(32)31-17-15-29(24-34(31)44(55)56)48-40(53)14-5-3-10-23-59-27-41(54)46-21-9-4-8-20-45-39(52)13-7-6-12-38-43-35(26-60-38)49-57-28-47-43/h2,11,15-19,22,24-25,35,38,43,47,49,51H,3-10,12-14,20-21,23,26-28H2,1H3,(H,45,52)(H,46,54)(H,48,53)(H,55,56)/b11-2-,36-19+/t35-,38-,43-/m0/s1. The molecule has 5 rings (SSSR count). The van der Waals surface area contributed by atoms with Crippen LogP contribution in [0.5, 0.6) is 11.5 Å². The zero-order valence-electron chi connectivity index (χ0n) is 34.1. The summed E-state index contributed by atoms with van der Waals surface area (Å²) in [5.41, 5.74) is 5.27. The van der Waals surface area contributed by atoms with Gasteiger partial charge < -0.3 is 30.9 Å². The molecule has 0 spiro atoms. The zero-order chi connectivity index (χ0) is 42.7. The second-order valence-electron chi connectivity index (χ2n) is 14.8. The van der Waals surface area contributed by atoms with E-state index in [1.807, 2.05) is 11.8 Å².